The first kappa shape index (κ1) is 45.3. The molecule has 312 valence electrons. The highest BCUT2D eigenvalue weighted by Crippen LogP contribution is 2.41. The van der Waals surface area contributed by atoms with Crippen molar-refractivity contribution in [3.05, 3.63) is 85.0 Å². The number of rotatable bonds is 7. The molecule has 3 aliphatic heterocycles. The normalized spacial score (nSPS) is 30.9. The highest BCUT2D eigenvalue weighted by molar-refractivity contribution is 6.99. The van der Waals surface area contributed by atoms with Crippen LogP contribution in [0.3, 0.4) is 0 Å². The number of esters is 1. The van der Waals surface area contributed by atoms with Crippen LogP contribution in [0, 0.1) is 23.7 Å². The number of benzene rings is 2. The fourth-order valence-corrected chi connectivity index (χ4v) is 14.5. The van der Waals surface area contributed by atoms with Crippen molar-refractivity contribution in [3.63, 3.8) is 0 Å². The molecule has 0 aromatic heterocycles. The second-order valence-electron chi connectivity index (χ2n) is 19.3. The van der Waals surface area contributed by atoms with Crippen LogP contribution >= 0.6 is 0 Å². The minimum Gasteiger partial charge on any atom is -0.457 e. The zero-order valence-electron chi connectivity index (χ0n) is 36.3. The summed E-state index contributed by atoms with van der Waals surface area (Å²) < 4.78 is 33.6. The Labute approximate surface area is 346 Å². The van der Waals surface area contributed by atoms with Gasteiger partial charge in [0.15, 0.2) is 8.32 Å². The van der Waals surface area contributed by atoms with Crippen LogP contribution in [0.4, 0.5) is 0 Å². The van der Waals surface area contributed by atoms with Gasteiger partial charge in [-0.1, -0.05) is 140 Å². The fraction of sp³-hybridized carbons (Fsp3) is 0.604. The number of carbonyl (C=O) groups is 1. The lowest BCUT2D eigenvalue weighted by Gasteiger charge is -2.43. The van der Waals surface area contributed by atoms with Gasteiger partial charge in [-0.05, 0) is 83.6 Å². The second-order valence-corrected chi connectivity index (χ2v) is 28.4. The first-order valence-corrected chi connectivity index (χ1v) is 26.1. The predicted molar refractivity (Wildman–Crippen MR) is 236 cm³/mol. The lowest BCUT2D eigenvalue weighted by molar-refractivity contribution is -0.147. The molecule has 9 heteroatoms. The van der Waals surface area contributed by atoms with Crippen molar-refractivity contribution >= 4 is 33.0 Å². The molecular weight excluding hydrogens is 745 g/mol. The van der Waals surface area contributed by atoms with E-state index in [2.05, 4.69) is 135 Å². The summed E-state index contributed by atoms with van der Waals surface area (Å²) in [6.07, 6.45) is 10.1. The van der Waals surface area contributed by atoms with Gasteiger partial charge in [0.1, 0.15) is 6.10 Å². The molecule has 4 bridgehead atoms. The van der Waals surface area contributed by atoms with Crippen molar-refractivity contribution in [3.8, 4) is 11.8 Å². The van der Waals surface area contributed by atoms with Gasteiger partial charge < -0.3 is 28.2 Å². The van der Waals surface area contributed by atoms with Gasteiger partial charge in [-0.25, -0.2) is 4.79 Å². The van der Waals surface area contributed by atoms with Crippen LogP contribution in [0.15, 0.2) is 85.0 Å². The molecule has 2 saturated heterocycles. The van der Waals surface area contributed by atoms with E-state index in [-0.39, 0.29) is 65.5 Å². The van der Waals surface area contributed by atoms with Gasteiger partial charge in [-0.2, -0.15) is 0 Å². The summed E-state index contributed by atoms with van der Waals surface area (Å²) in [6.45, 7) is 22.6. The number of aliphatic hydroxyl groups is 1. The van der Waals surface area contributed by atoms with E-state index < -0.39 is 34.8 Å². The van der Waals surface area contributed by atoms with Gasteiger partial charge in [0.2, 0.25) is 0 Å². The minimum atomic E-state index is -2.95. The molecule has 5 rings (SSSR count). The molecule has 3 aliphatic rings. The number of hydrogen-bond donors (Lipinski definition) is 1. The molecule has 7 nitrogen and oxygen atoms in total. The van der Waals surface area contributed by atoms with E-state index in [0.717, 1.165) is 29.6 Å². The molecule has 0 radical (unpaired) electrons. The number of carbonyl (C=O) groups excluding carboxylic acids is 1. The molecular formula is C48H70O7Si2. The fourth-order valence-electron chi connectivity index (χ4n) is 8.48. The van der Waals surface area contributed by atoms with Crippen LogP contribution in [0.25, 0.3) is 0 Å². The van der Waals surface area contributed by atoms with Crippen LogP contribution in [0.2, 0.25) is 23.2 Å². The number of allylic oxidation sites excluding steroid dienone is 2. The van der Waals surface area contributed by atoms with Crippen LogP contribution < -0.4 is 10.4 Å². The smallest absolute Gasteiger partial charge is 0.330 e. The molecule has 0 saturated carbocycles. The molecule has 57 heavy (non-hydrogen) atoms. The number of aliphatic hydroxyl groups excluding tert-OH is 1. The molecule has 0 spiro atoms. The van der Waals surface area contributed by atoms with Gasteiger partial charge in [0.05, 0.1) is 37.1 Å². The zero-order chi connectivity index (χ0) is 41.4. The van der Waals surface area contributed by atoms with Gasteiger partial charge in [0.25, 0.3) is 8.32 Å². The van der Waals surface area contributed by atoms with Crippen molar-refractivity contribution in [1.29, 1.82) is 0 Å². The Hall–Kier alpha value is -2.82. The maximum Gasteiger partial charge on any atom is 0.330 e. The van der Waals surface area contributed by atoms with Crippen LogP contribution in [-0.4, -0.2) is 77.0 Å². The molecule has 2 fully saturated rings. The SMILES string of the molecule is C[C@@H]1CC2OC1CC#C/C=C/[C@H](C)C[C@@H]1C[C@H](O[Si](C)(C)C(C)(C)C)C[C@H](C/C=C/C(=O)O[C@@H](CO[Si](c3ccccc3)(c3ccccc3)C(C)(C)C)C[C@H]2O)O1. The summed E-state index contributed by atoms with van der Waals surface area (Å²) in [5, 5.41) is 13.8. The third-order valence-electron chi connectivity index (χ3n) is 12.6. The van der Waals surface area contributed by atoms with E-state index in [1.807, 2.05) is 24.3 Å². The van der Waals surface area contributed by atoms with E-state index in [4.69, 9.17) is 23.1 Å². The molecule has 9 atom stereocenters. The molecule has 3 heterocycles. The van der Waals surface area contributed by atoms with Crippen LogP contribution in [0.1, 0.15) is 100 Å². The first-order chi connectivity index (χ1) is 26.9. The third-order valence-corrected chi connectivity index (χ3v) is 22.2. The summed E-state index contributed by atoms with van der Waals surface area (Å²) in [6, 6.07) is 20.9. The maximum absolute atomic E-state index is 13.7. The van der Waals surface area contributed by atoms with Gasteiger partial charge in [-0.15, -0.1) is 0 Å². The summed E-state index contributed by atoms with van der Waals surface area (Å²) >= 11 is 0. The number of fused-ring (bicyclic) bond motifs is 4. The summed E-state index contributed by atoms with van der Waals surface area (Å²) in [4.78, 5) is 13.7. The highest BCUT2D eigenvalue weighted by atomic mass is 28.4. The van der Waals surface area contributed by atoms with E-state index in [1.165, 1.54) is 6.08 Å². The predicted octanol–water partition coefficient (Wildman–Crippen LogP) is 8.89. The Morgan fingerprint density at radius 1 is 0.807 bits per heavy atom. The Kier molecular flexibility index (Phi) is 15.5. The topological polar surface area (TPSA) is 83.5 Å². The summed E-state index contributed by atoms with van der Waals surface area (Å²) in [7, 11) is -4.96. The van der Waals surface area contributed by atoms with Gasteiger partial charge >= 0.3 is 5.97 Å². The molecule has 0 aliphatic carbocycles. The lowest BCUT2D eigenvalue weighted by Crippen LogP contribution is -2.67. The second kappa shape index (κ2) is 19.5. The zero-order valence-corrected chi connectivity index (χ0v) is 38.3. The minimum absolute atomic E-state index is 0.0368. The number of hydrogen-bond acceptors (Lipinski definition) is 7. The molecule has 2 unspecified atom stereocenters. The number of ether oxygens (including phenoxy) is 3. The maximum atomic E-state index is 13.7. The Morgan fingerprint density at radius 3 is 2.05 bits per heavy atom. The molecule has 0 amide bonds. The van der Waals surface area contributed by atoms with E-state index in [1.54, 1.807) is 0 Å². The standard InChI is InChI=1S/C48H70O7Si2/c1-35-21-14-11-19-27-44-36(2)30-45(54-44)43(49)33-40(34-51-57(48(6,7)8,41-23-15-12-16-24-41)42-25-17-13-18-26-42)53-46(50)28-20-22-37-31-39(32-38(29-35)52-37)55-56(9,10)47(3,4)5/h12-18,20-21,23-26,28,35-40,43-45,49H,22,27,29-34H2,1-10H3/b21-14+,28-20+/t35-,36+,37-,38+,39+,40+,43+,44?,45?/m0/s1. The van der Waals surface area contributed by atoms with E-state index in [0.29, 0.717) is 19.3 Å². The summed E-state index contributed by atoms with van der Waals surface area (Å²) in [5.41, 5.74) is 0. The molecule has 2 aromatic rings. The van der Waals surface area contributed by atoms with Crippen LogP contribution in [0.5, 0.6) is 0 Å². The Balaban J connectivity index is 1.43. The number of cyclic esters (lactones) is 1. The van der Waals surface area contributed by atoms with Crippen molar-refractivity contribution in [2.45, 2.75) is 166 Å². The lowest BCUT2D eigenvalue weighted by atomic mass is 9.93. The van der Waals surface area contributed by atoms with Gasteiger partial charge in [0, 0.05) is 25.0 Å². The van der Waals surface area contributed by atoms with Crippen molar-refractivity contribution in [1.82, 2.24) is 0 Å². The van der Waals surface area contributed by atoms with E-state index in [9.17, 15) is 9.90 Å². The van der Waals surface area contributed by atoms with Crippen molar-refractivity contribution in [2.75, 3.05) is 6.61 Å². The third kappa shape index (κ3) is 11.9. The van der Waals surface area contributed by atoms with E-state index >= 15 is 0 Å². The highest BCUT2D eigenvalue weighted by Gasteiger charge is 2.51. The Bertz CT molecular complexity index is 1660. The monoisotopic (exact) mass is 814 g/mol. The largest absolute Gasteiger partial charge is 0.457 e. The quantitative estimate of drug-likeness (QED) is 0.170. The molecule has 2 aromatic carbocycles. The van der Waals surface area contributed by atoms with Crippen molar-refractivity contribution in [2.24, 2.45) is 11.8 Å². The average molecular weight is 815 g/mol. The average Bonchev–Trinajstić information content (AvgIpc) is 3.51. The Morgan fingerprint density at radius 2 is 1.44 bits per heavy atom. The first-order valence-electron chi connectivity index (χ1n) is 21.3. The van der Waals surface area contributed by atoms with Gasteiger partial charge in [-0.3, -0.25) is 0 Å². The molecule has 1 N–H and O–H groups in total. The summed E-state index contributed by atoms with van der Waals surface area (Å²) in [5.74, 6) is 6.61. The van der Waals surface area contributed by atoms with Crippen LogP contribution in [-0.2, 0) is 27.9 Å². The van der Waals surface area contributed by atoms with Crippen molar-refractivity contribution < 1.29 is 33.0 Å².